The van der Waals surface area contributed by atoms with Gasteiger partial charge < -0.3 is 0 Å². The van der Waals surface area contributed by atoms with Crippen LogP contribution in [0.2, 0.25) is 0 Å². The molecule has 0 spiro atoms. The van der Waals surface area contributed by atoms with Crippen LogP contribution in [-0.4, -0.2) is 34.3 Å². The van der Waals surface area contributed by atoms with Gasteiger partial charge in [-0.25, -0.2) is 14.5 Å². The third kappa shape index (κ3) is 2.45. The van der Waals surface area contributed by atoms with Gasteiger partial charge in [0.15, 0.2) is 11.5 Å². The Balaban J connectivity index is 1.67. The highest BCUT2D eigenvalue weighted by atomic mass is 32.1. The summed E-state index contributed by atoms with van der Waals surface area (Å²) in [6, 6.07) is 0. The summed E-state index contributed by atoms with van der Waals surface area (Å²) in [5, 5.41) is 20.9. The smallest absolute Gasteiger partial charge is 0.262 e. The van der Waals surface area contributed by atoms with E-state index in [0.717, 1.165) is 15.9 Å². The first kappa shape index (κ1) is 16.6. The second-order valence-corrected chi connectivity index (χ2v) is 7.46. The molecule has 134 valence electrons. The maximum atomic E-state index is 11.1. The third-order valence-corrected chi connectivity index (χ3v) is 5.74. The molecule has 0 aliphatic carbocycles. The van der Waals surface area contributed by atoms with Gasteiger partial charge >= 0.3 is 5.69 Å². The summed E-state index contributed by atoms with van der Waals surface area (Å²) in [6.45, 7) is 7.98. The van der Waals surface area contributed by atoms with E-state index in [1.807, 2.05) is 0 Å². The van der Waals surface area contributed by atoms with E-state index in [1.54, 1.807) is 40.7 Å². The average molecular weight is 371 g/mol. The van der Waals surface area contributed by atoms with Crippen molar-refractivity contribution in [2.75, 3.05) is 0 Å². The van der Waals surface area contributed by atoms with Gasteiger partial charge in [-0.1, -0.05) is 0 Å². The molecule has 0 aliphatic heterocycles. The zero-order chi connectivity index (χ0) is 18.6. The first-order chi connectivity index (χ1) is 12.4. The summed E-state index contributed by atoms with van der Waals surface area (Å²) < 4.78 is 3.34. The average Bonchev–Trinajstić information content (AvgIpc) is 3.20. The molecule has 0 unspecified atom stereocenters. The van der Waals surface area contributed by atoms with Crippen LogP contribution >= 0.6 is 11.3 Å². The van der Waals surface area contributed by atoms with E-state index in [4.69, 9.17) is 0 Å². The van der Waals surface area contributed by atoms with Crippen LogP contribution in [0.15, 0.2) is 6.33 Å². The molecule has 9 nitrogen and oxygen atoms in total. The number of thiophene rings is 1. The molecule has 26 heavy (non-hydrogen) atoms. The fraction of sp³-hybridized carbons (Fsp3) is 0.375. The van der Waals surface area contributed by atoms with Crippen LogP contribution in [0.1, 0.15) is 27.7 Å². The van der Waals surface area contributed by atoms with Crippen molar-refractivity contribution in [1.29, 1.82) is 0 Å². The molecule has 0 amide bonds. The Kier molecular flexibility index (Phi) is 3.72. The Morgan fingerprint density at radius 2 is 2.00 bits per heavy atom. The zero-order valence-corrected chi connectivity index (χ0v) is 15.7. The summed E-state index contributed by atoms with van der Waals surface area (Å²) in [5.41, 5.74) is 3.01. The molecule has 0 aromatic carbocycles. The number of rotatable bonds is 4. The Morgan fingerprint density at radius 3 is 2.69 bits per heavy atom. The molecule has 10 heteroatoms. The van der Waals surface area contributed by atoms with Gasteiger partial charge in [0.05, 0.1) is 10.3 Å². The van der Waals surface area contributed by atoms with Crippen LogP contribution in [0.4, 0.5) is 5.69 Å². The molecule has 0 bridgehead atoms. The van der Waals surface area contributed by atoms with E-state index in [0.29, 0.717) is 30.2 Å². The summed E-state index contributed by atoms with van der Waals surface area (Å²) in [7, 11) is 0. The van der Waals surface area contributed by atoms with Crippen molar-refractivity contribution in [3.8, 4) is 0 Å². The predicted octanol–water partition coefficient (Wildman–Crippen LogP) is 2.92. The van der Waals surface area contributed by atoms with E-state index in [-0.39, 0.29) is 10.6 Å². The van der Waals surface area contributed by atoms with Crippen LogP contribution in [0.25, 0.3) is 15.9 Å². The lowest BCUT2D eigenvalue weighted by Crippen LogP contribution is -2.06. The van der Waals surface area contributed by atoms with E-state index in [2.05, 4.69) is 34.0 Å². The number of hydrogen-bond acceptors (Lipinski definition) is 7. The fourth-order valence-corrected chi connectivity index (χ4v) is 4.16. The SMILES string of the molecule is Cc1nn(CCc2nc3c4c(C)c(C)sc4ncn3n2)c(C)c1[N+](=O)[O-]. The summed E-state index contributed by atoms with van der Waals surface area (Å²) in [6.07, 6.45) is 2.21. The molecule has 0 atom stereocenters. The quantitative estimate of drug-likeness (QED) is 0.403. The molecule has 4 heterocycles. The fourth-order valence-electron chi connectivity index (χ4n) is 3.17. The van der Waals surface area contributed by atoms with Gasteiger partial charge in [-0.15, -0.1) is 16.4 Å². The number of aryl methyl sites for hydroxylation is 5. The predicted molar refractivity (Wildman–Crippen MR) is 97.7 cm³/mol. The standard InChI is InChI=1S/C16H17N7O2S/c1-8-11(4)26-16-13(8)15-18-12(20-22(15)7-17-16)5-6-21-10(3)14(23(24)25)9(2)19-21/h7H,5-6H2,1-4H3. The maximum Gasteiger partial charge on any atom is 0.312 e. The zero-order valence-electron chi connectivity index (χ0n) is 14.8. The molecule has 4 rings (SSSR count). The van der Waals surface area contributed by atoms with E-state index in [1.165, 1.54) is 10.4 Å². The molecular weight excluding hydrogens is 354 g/mol. The Hall–Kier alpha value is -2.88. The van der Waals surface area contributed by atoms with Crippen molar-refractivity contribution in [2.24, 2.45) is 0 Å². The van der Waals surface area contributed by atoms with Gasteiger partial charge in [0.25, 0.3) is 0 Å². The van der Waals surface area contributed by atoms with Crippen molar-refractivity contribution < 1.29 is 4.92 Å². The normalized spacial score (nSPS) is 11.7. The second-order valence-electron chi connectivity index (χ2n) is 6.25. The second kappa shape index (κ2) is 5.84. The molecule has 0 saturated heterocycles. The number of hydrogen-bond donors (Lipinski definition) is 0. The van der Waals surface area contributed by atoms with Gasteiger partial charge in [-0.05, 0) is 33.3 Å². The van der Waals surface area contributed by atoms with Crippen LogP contribution < -0.4 is 0 Å². The Labute approximate surface area is 152 Å². The monoisotopic (exact) mass is 371 g/mol. The first-order valence-electron chi connectivity index (χ1n) is 8.15. The largest absolute Gasteiger partial charge is 0.312 e. The molecule has 0 radical (unpaired) electrons. The summed E-state index contributed by atoms with van der Waals surface area (Å²) >= 11 is 1.65. The maximum absolute atomic E-state index is 11.1. The summed E-state index contributed by atoms with van der Waals surface area (Å²) in [4.78, 5) is 22.0. The highest BCUT2D eigenvalue weighted by Gasteiger charge is 2.22. The lowest BCUT2D eigenvalue weighted by Gasteiger charge is -2.00. The summed E-state index contributed by atoms with van der Waals surface area (Å²) in [5.74, 6) is 0.665. The molecule has 0 N–H and O–H groups in total. The topological polar surface area (TPSA) is 104 Å². The number of aromatic nitrogens is 6. The molecular formula is C16H17N7O2S. The van der Waals surface area contributed by atoms with Crippen LogP contribution in [0.3, 0.4) is 0 Å². The Bertz CT molecular complexity index is 1170. The van der Waals surface area contributed by atoms with Crippen LogP contribution in [-0.2, 0) is 13.0 Å². The number of nitro groups is 1. The number of fused-ring (bicyclic) bond motifs is 3. The van der Waals surface area contributed by atoms with Crippen molar-refractivity contribution >= 4 is 32.9 Å². The highest BCUT2D eigenvalue weighted by Crippen LogP contribution is 2.30. The Morgan fingerprint density at radius 1 is 1.23 bits per heavy atom. The van der Waals surface area contributed by atoms with Gasteiger partial charge in [0.1, 0.15) is 22.5 Å². The molecule has 4 aromatic heterocycles. The van der Waals surface area contributed by atoms with Crippen molar-refractivity contribution in [2.45, 2.75) is 40.7 Å². The molecule has 0 aliphatic rings. The number of nitrogens with zero attached hydrogens (tertiary/aromatic N) is 7. The molecule has 0 saturated carbocycles. The first-order valence-corrected chi connectivity index (χ1v) is 8.96. The van der Waals surface area contributed by atoms with Crippen molar-refractivity contribution in [3.63, 3.8) is 0 Å². The van der Waals surface area contributed by atoms with E-state index in [9.17, 15) is 10.1 Å². The van der Waals surface area contributed by atoms with Gasteiger partial charge in [-0.3, -0.25) is 14.8 Å². The lowest BCUT2D eigenvalue weighted by molar-refractivity contribution is -0.386. The minimum absolute atomic E-state index is 0.0724. The van der Waals surface area contributed by atoms with E-state index < -0.39 is 0 Å². The van der Waals surface area contributed by atoms with Crippen molar-refractivity contribution in [3.05, 3.63) is 44.1 Å². The lowest BCUT2D eigenvalue weighted by atomic mass is 10.2. The molecule has 4 aromatic rings. The highest BCUT2D eigenvalue weighted by molar-refractivity contribution is 7.18. The van der Waals surface area contributed by atoms with Crippen LogP contribution in [0.5, 0.6) is 0 Å². The van der Waals surface area contributed by atoms with Crippen molar-refractivity contribution in [1.82, 2.24) is 29.4 Å². The molecule has 0 fully saturated rings. The third-order valence-electron chi connectivity index (χ3n) is 4.62. The van der Waals surface area contributed by atoms with Gasteiger partial charge in [0, 0.05) is 17.8 Å². The minimum atomic E-state index is -0.387. The van der Waals surface area contributed by atoms with Crippen LogP contribution in [0, 0.1) is 37.8 Å². The van der Waals surface area contributed by atoms with Gasteiger partial charge in [0.2, 0.25) is 0 Å². The van der Waals surface area contributed by atoms with E-state index >= 15 is 0 Å². The van der Waals surface area contributed by atoms with Gasteiger partial charge in [-0.2, -0.15) is 5.10 Å². The minimum Gasteiger partial charge on any atom is -0.262 e.